The van der Waals surface area contributed by atoms with Crippen LogP contribution >= 0.6 is 11.8 Å². The minimum Gasteiger partial charge on any atom is -0.469 e. The van der Waals surface area contributed by atoms with Crippen LogP contribution in [0.15, 0.2) is 27.8 Å². The maximum atomic E-state index is 5.39. The van der Waals surface area contributed by atoms with Crippen LogP contribution < -0.4 is 5.32 Å². The van der Waals surface area contributed by atoms with E-state index in [2.05, 4.69) is 19.2 Å². The first kappa shape index (κ1) is 14.1. The van der Waals surface area contributed by atoms with E-state index in [1.54, 1.807) is 6.26 Å². The molecular formula is C16H24N2OS. The van der Waals surface area contributed by atoms with Crippen molar-refractivity contribution in [2.24, 2.45) is 10.9 Å². The van der Waals surface area contributed by atoms with Gasteiger partial charge in [0.1, 0.15) is 5.76 Å². The fourth-order valence-electron chi connectivity index (χ4n) is 3.12. The Morgan fingerprint density at radius 1 is 1.50 bits per heavy atom. The number of furan rings is 1. The lowest BCUT2D eigenvalue weighted by atomic mass is 9.78. The Morgan fingerprint density at radius 3 is 3.00 bits per heavy atom. The SMILES string of the molecule is CC1CCC2(CC1)CSC(=NC(C)Cc1ccco1)N2. The van der Waals surface area contributed by atoms with Gasteiger partial charge in [0.15, 0.2) is 5.17 Å². The van der Waals surface area contributed by atoms with Crippen LogP contribution in [0.2, 0.25) is 0 Å². The second-order valence-corrected chi connectivity index (χ2v) is 7.41. The number of hydrogen-bond acceptors (Lipinski definition) is 3. The van der Waals surface area contributed by atoms with Crippen molar-refractivity contribution in [1.29, 1.82) is 0 Å². The normalized spacial score (nSPS) is 33.5. The van der Waals surface area contributed by atoms with Crippen LogP contribution in [0.4, 0.5) is 0 Å². The highest BCUT2D eigenvalue weighted by atomic mass is 32.2. The second kappa shape index (κ2) is 5.84. The minimum absolute atomic E-state index is 0.272. The maximum absolute atomic E-state index is 5.39. The molecule has 3 rings (SSSR count). The molecular weight excluding hydrogens is 268 g/mol. The van der Waals surface area contributed by atoms with E-state index >= 15 is 0 Å². The van der Waals surface area contributed by atoms with Gasteiger partial charge in [-0.25, -0.2) is 0 Å². The first-order valence-corrected chi connectivity index (χ1v) is 8.65. The number of nitrogens with zero attached hydrogens (tertiary/aromatic N) is 1. The first-order valence-electron chi connectivity index (χ1n) is 7.66. The molecule has 1 aromatic rings. The van der Waals surface area contributed by atoms with Crippen LogP contribution in [0, 0.1) is 5.92 Å². The number of nitrogens with one attached hydrogen (secondary N) is 1. The van der Waals surface area contributed by atoms with Crippen molar-refractivity contribution >= 4 is 16.9 Å². The number of hydrogen-bond donors (Lipinski definition) is 1. The zero-order valence-corrected chi connectivity index (χ0v) is 13.2. The number of thioether (sulfide) groups is 1. The van der Waals surface area contributed by atoms with Gasteiger partial charge in [0.05, 0.1) is 12.3 Å². The summed E-state index contributed by atoms with van der Waals surface area (Å²) in [4.78, 5) is 4.83. The van der Waals surface area contributed by atoms with Crippen LogP contribution in [-0.2, 0) is 6.42 Å². The third-order valence-electron chi connectivity index (χ3n) is 4.50. The molecule has 1 spiro atoms. The Bertz CT molecular complexity index is 461. The van der Waals surface area contributed by atoms with Gasteiger partial charge >= 0.3 is 0 Å². The highest BCUT2D eigenvalue weighted by molar-refractivity contribution is 8.14. The largest absolute Gasteiger partial charge is 0.469 e. The quantitative estimate of drug-likeness (QED) is 0.919. The van der Waals surface area contributed by atoms with Crippen molar-refractivity contribution < 1.29 is 4.42 Å². The molecule has 3 nitrogen and oxygen atoms in total. The molecule has 0 bridgehead atoms. The third kappa shape index (κ3) is 3.22. The summed E-state index contributed by atoms with van der Waals surface area (Å²) in [5.41, 5.74) is 0.334. The fourth-order valence-corrected chi connectivity index (χ4v) is 4.44. The minimum atomic E-state index is 0.272. The Hall–Kier alpha value is -0.900. The van der Waals surface area contributed by atoms with Crippen molar-refractivity contribution in [2.45, 2.75) is 57.5 Å². The Morgan fingerprint density at radius 2 is 2.30 bits per heavy atom. The van der Waals surface area contributed by atoms with E-state index in [0.717, 1.165) is 23.3 Å². The maximum Gasteiger partial charge on any atom is 0.157 e. The Labute approximate surface area is 125 Å². The summed E-state index contributed by atoms with van der Waals surface area (Å²) in [6, 6.07) is 4.24. The topological polar surface area (TPSA) is 37.5 Å². The molecule has 1 unspecified atom stereocenters. The van der Waals surface area contributed by atoms with E-state index < -0.39 is 0 Å². The molecule has 110 valence electrons. The second-order valence-electron chi connectivity index (χ2n) is 6.44. The molecule has 2 heterocycles. The first-order chi connectivity index (χ1) is 9.65. The molecule has 2 fully saturated rings. The molecule has 1 aliphatic heterocycles. The van der Waals surface area contributed by atoms with E-state index in [1.165, 1.54) is 31.4 Å². The summed E-state index contributed by atoms with van der Waals surface area (Å²) < 4.78 is 5.39. The van der Waals surface area contributed by atoms with Crippen molar-refractivity contribution in [1.82, 2.24) is 5.32 Å². The van der Waals surface area contributed by atoms with Gasteiger partial charge in [-0.1, -0.05) is 18.7 Å². The average molecular weight is 292 g/mol. The number of rotatable bonds is 3. The smallest absolute Gasteiger partial charge is 0.157 e. The molecule has 0 radical (unpaired) electrons. The van der Waals surface area contributed by atoms with Gasteiger partial charge in [0.2, 0.25) is 0 Å². The molecule has 20 heavy (non-hydrogen) atoms. The molecule has 1 atom stereocenters. The van der Waals surface area contributed by atoms with Crippen LogP contribution in [0.1, 0.15) is 45.3 Å². The molecule has 0 aromatic carbocycles. The van der Waals surface area contributed by atoms with Gasteiger partial charge in [0.25, 0.3) is 0 Å². The van der Waals surface area contributed by atoms with Crippen LogP contribution in [0.3, 0.4) is 0 Å². The third-order valence-corrected chi connectivity index (χ3v) is 5.68. The van der Waals surface area contributed by atoms with E-state index in [-0.39, 0.29) is 6.04 Å². The fraction of sp³-hybridized carbons (Fsp3) is 0.688. The average Bonchev–Trinajstić information content (AvgIpc) is 3.04. The molecule has 0 amide bonds. The molecule has 2 aliphatic rings. The van der Waals surface area contributed by atoms with Crippen molar-refractivity contribution in [3.8, 4) is 0 Å². The summed E-state index contributed by atoms with van der Waals surface area (Å²) in [5, 5.41) is 4.86. The van der Waals surface area contributed by atoms with Crippen molar-refractivity contribution in [2.75, 3.05) is 5.75 Å². The van der Waals surface area contributed by atoms with E-state index in [9.17, 15) is 0 Å². The molecule has 1 saturated heterocycles. The Kier molecular flexibility index (Phi) is 4.11. The van der Waals surface area contributed by atoms with Crippen molar-refractivity contribution in [3.63, 3.8) is 0 Å². The van der Waals surface area contributed by atoms with E-state index in [1.807, 2.05) is 23.9 Å². The number of amidine groups is 1. The standard InChI is InChI=1S/C16H24N2OS/c1-12-5-7-16(8-6-12)11-20-15(18-16)17-13(2)10-14-4-3-9-19-14/h3-4,9,12-13H,5-8,10-11H2,1-2H3,(H,17,18). The Balaban J connectivity index is 1.57. The zero-order valence-electron chi connectivity index (χ0n) is 12.4. The summed E-state index contributed by atoms with van der Waals surface area (Å²) in [7, 11) is 0. The van der Waals surface area contributed by atoms with Gasteiger partial charge in [-0.15, -0.1) is 0 Å². The summed E-state index contributed by atoms with van der Waals surface area (Å²) in [5.74, 6) is 3.10. The van der Waals surface area contributed by atoms with E-state index in [4.69, 9.17) is 9.41 Å². The van der Waals surface area contributed by atoms with Crippen LogP contribution in [0.25, 0.3) is 0 Å². The van der Waals surface area contributed by atoms with Gasteiger partial charge in [-0.05, 0) is 50.7 Å². The highest BCUT2D eigenvalue weighted by Crippen LogP contribution is 2.38. The predicted octanol–water partition coefficient (Wildman–Crippen LogP) is 3.85. The summed E-state index contributed by atoms with van der Waals surface area (Å²) in [6.45, 7) is 4.53. The summed E-state index contributed by atoms with van der Waals surface area (Å²) in [6.07, 6.45) is 7.91. The lowest BCUT2D eigenvalue weighted by Gasteiger charge is -2.35. The van der Waals surface area contributed by atoms with E-state index in [0.29, 0.717) is 5.54 Å². The van der Waals surface area contributed by atoms with Crippen LogP contribution in [0.5, 0.6) is 0 Å². The van der Waals surface area contributed by atoms with Gasteiger partial charge < -0.3 is 9.73 Å². The van der Waals surface area contributed by atoms with Gasteiger partial charge in [-0.2, -0.15) is 0 Å². The van der Waals surface area contributed by atoms with Gasteiger partial charge in [0, 0.05) is 17.7 Å². The highest BCUT2D eigenvalue weighted by Gasteiger charge is 2.39. The molecule has 1 N–H and O–H groups in total. The lowest BCUT2D eigenvalue weighted by molar-refractivity contribution is 0.250. The monoisotopic (exact) mass is 292 g/mol. The molecule has 1 aliphatic carbocycles. The molecule has 1 saturated carbocycles. The zero-order chi connectivity index (χ0) is 14.0. The predicted molar refractivity (Wildman–Crippen MR) is 85.3 cm³/mol. The lowest BCUT2D eigenvalue weighted by Crippen LogP contribution is -2.46. The van der Waals surface area contributed by atoms with Gasteiger partial charge in [-0.3, -0.25) is 4.99 Å². The summed E-state index contributed by atoms with van der Waals surface area (Å²) >= 11 is 1.90. The number of aliphatic imine (C=N–C) groups is 1. The molecule has 1 aromatic heterocycles. The van der Waals surface area contributed by atoms with Crippen molar-refractivity contribution in [3.05, 3.63) is 24.2 Å². The molecule has 4 heteroatoms. The van der Waals surface area contributed by atoms with Crippen LogP contribution in [-0.4, -0.2) is 22.5 Å².